The number of rotatable bonds is 0. The Morgan fingerprint density at radius 1 is 1.31 bits per heavy atom. The Kier molecular flexibility index (Phi) is 2.40. The summed E-state index contributed by atoms with van der Waals surface area (Å²) in [4.78, 5) is 34.6. The van der Waals surface area contributed by atoms with Gasteiger partial charge in [0.25, 0.3) is 0 Å². The van der Waals surface area contributed by atoms with Gasteiger partial charge in [0, 0.05) is 5.56 Å². The molecule has 0 bridgehead atoms. The smallest absolute Gasteiger partial charge is 0.372 e. The Morgan fingerprint density at radius 2 is 2.12 bits per heavy atom. The molecule has 0 amide bonds. The van der Waals surface area contributed by atoms with Crippen molar-refractivity contribution in [1.29, 1.82) is 0 Å². The van der Waals surface area contributed by atoms with E-state index in [4.69, 9.17) is 0 Å². The number of hydrogen-bond donors (Lipinski definition) is 1. The van der Waals surface area contributed by atoms with Crippen LogP contribution in [0.15, 0.2) is 32.2 Å². The molecule has 2 rings (SSSR count). The van der Waals surface area contributed by atoms with Gasteiger partial charge in [0.15, 0.2) is 6.29 Å². The minimum absolute atomic E-state index is 0.220. The first-order valence-corrected chi connectivity index (χ1v) is 4.33. The van der Waals surface area contributed by atoms with E-state index in [1.165, 1.54) is 12.1 Å². The summed E-state index contributed by atoms with van der Waals surface area (Å²) in [5.74, 6) is 3.96. The highest BCUT2D eigenvalue weighted by molar-refractivity contribution is 5.80. The van der Waals surface area contributed by atoms with E-state index in [1.807, 2.05) is 0 Å². The summed E-state index contributed by atoms with van der Waals surface area (Å²) in [5.41, 5.74) is 0.144. The lowest BCUT2D eigenvalue weighted by Crippen LogP contribution is -2.14. The van der Waals surface area contributed by atoms with E-state index < -0.39 is 11.4 Å². The molecule has 5 nitrogen and oxygen atoms in total. The molecular weight excluding hydrogens is 210 g/mol. The predicted octanol–water partition coefficient (Wildman–Crippen LogP) is 0.0317. The van der Waals surface area contributed by atoms with Gasteiger partial charge in [-0.25, -0.2) is 9.59 Å². The molecule has 1 N–H and O–H groups in total. The fourth-order valence-corrected chi connectivity index (χ4v) is 1.29. The van der Waals surface area contributed by atoms with Crippen molar-refractivity contribution in [3.8, 4) is 11.8 Å². The molecule has 1 aromatic heterocycles. The molecule has 0 aliphatic heterocycles. The lowest BCUT2D eigenvalue weighted by molar-refractivity contribution is -0.103. The van der Waals surface area contributed by atoms with Gasteiger partial charge in [-0.1, -0.05) is 5.92 Å². The number of carbonyl (C=O) groups excluding carboxylic acids is 1. The number of aldehydes is 1. The van der Waals surface area contributed by atoms with Crippen molar-refractivity contribution in [3.63, 3.8) is 0 Å². The number of benzene rings is 1. The van der Waals surface area contributed by atoms with Crippen LogP contribution in [0.25, 0.3) is 10.9 Å². The zero-order valence-electron chi connectivity index (χ0n) is 7.94. The molecule has 2 aromatic rings. The zero-order valence-corrected chi connectivity index (χ0v) is 7.94. The lowest BCUT2D eigenvalue weighted by Gasteiger charge is -1.95. The summed E-state index contributed by atoms with van der Waals surface area (Å²) >= 11 is 0. The van der Waals surface area contributed by atoms with Crippen LogP contribution in [0.1, 0.15) is 5.56 Å². The summed E-state index contributed by atoms with van der Waals surface area (Å²) < 4.78 is 4.37. The fourth-order valence-electron chi connectivity index (χ4n) is 1.29. The monoisotopic (exact) mass is 215 g/mol. The van der Waals surface area contributed by atoms with Gasteiger partial charge >= 0.3 is 11.4 Å². The summed E-state index contributed by atoms with van der Waals surface area (Å²) in [6.07, 6.45) is 0.458. The van der Waals surface area contributed by atoms with Crippen LogP contribution in [0.2, 0.25) is 0 Å². The van der Waals surface area contributed by atoms with E-state index in [1.54, 1.807) is 6.07 Å². The Morgan fingerprint density at radius 3 is 2.88 bits per heavy atom. The number of nitrogens with one attached hydrogen (secondary N) is 1. The normalized spacial score (nSPS) is 9.50. The van der Waals surface area contributed by atoms with Crippen LogP contribution in [-0.2, 0) is 4.79 Å². The molecule has 1 aromatic carbocycles. The van der Waals surface area contributed by atoms with E-state index >= 15 is 0 Å². The second kappa shape index (κ2) is 3.87. The van der Waals surface area contributed by atoms with Crippen LogP contribution in [0.5, 0.6) is 0 Å². The SMILES string of the molecule is O=CC#Cc1ccc2[nH]c(=O)oc(=O)c2c1. The first kappa shape index (κ1) is 9.93. The van der Waals surface area contributed by atoms with Gasteiger partial charge in [0.2, 0.25) is 0 Å². The van der Waals surface area contributed by atoms with Crippen LogP contribution in [0.3, 0.4) is 0 Å². The van der Waals surface area contributed by atoms with Gasteiger partial charge in [0.05, 0.1) is 10.9 Å². The fraction of sp³-hybridized carbons (Fsp3) is 0. The van der Waals surface area contributed by atoms with Crippen molar-refractivity contribution in [2.75, 3.05) is 0 Å². The van der Waals surface area contributed by atoms with E-state index in [0.29, 0.717) is 17.4 Å². The van der Waals surface area contributed by atoms with Gasteiger partial charge in [-0.2, -0.15) is 0 Å². The maximum absolute atomic E-state index is 11.3. The third-order valence-corrected chi connectivity index (χ3v) is 1.94. The molecule has 78 valence electrons. The standard InChI is InChI=1S/C11H5NO4/c13-5-1-2-7-3-4-9-8(6-7)10(14)16-11(15)12-9/h3-6H,(H,12,15). The molecule has 0 radical (unpaired) electrons. The van der Waals surface area contributed by atoms with Gasteiger partial charge < -0.3 is 4.42 Å². The van der Waals surface area contributed by atoms with Crippen LogP contribution >= 0.6 is 0 Å². The number of aromatic nitrogens is 1. The Labute approximate surface area is 88.7 Å². The molecule has 0 aliphatic rings. The highest BCUT2D eigenvalue weighted by atomic mass is 16.4. The van der Waals surface area contributed by atoms with Gasteiger partial charge in [-0.05, 0) is 24.1 Å². The van der Waals surface area contributed by atoms with Crippen LogP contribution in [-0.4, -0.2) is 11.3 Å². The topological polar surface area (TPSA) is 80.1 Å². The average Bonchev–Trinajstić information content (AvgIpc) is 2.26. The van der Waals surface area contributed by atoms with Crippen molar-refractivity contribution in [1.82, 2.24) is 4.98 Å². The molecular formula is C11H5NO4. The number of aromatic amines is 1. The van der Waals surface area contributed by atoms with Crippen molar-refractivity contribution >= 4 is 17.2 Å². The molecule has 0 spiro atoms. The molecule has 1 heterocycles. The molecule has 0 fully saturated rings. The Balaban J connectivity index is 2.76. The van der Waals surface area contributed by atoms with E-state index in [0.717, 1.165) is 0 Å². The van der Waals surface area contributed by atoms with E-state index in [9.17, 15) is 14.4 Å². The Hall–Kier alpha value is -2.61. The van der Waals surface area contributed by atoms with Gasteiger partial charge in [-0.3, -0.25) is 9.78 Å². The number of H-pyrrole nitrogens is 1. The van der Waals surface area contributed by atoms with Crippen LogP contribution in [0, 0.1) is 11.8 Å². The minimum Gasteiger partial charge on any atom is -0.372 e. The van der Waals surface area contributed by atoms with Gasteiger partial charge in [-0.15, -0.1) is 0 Å². The van der Waals surface area contributed by atoms with E-state index in [-0.39, 0.29) is 5.39 Å². The lowest BCUT2D eigenvalue weighted by atomic mass is 10.1. The first-order valence-electron chi connectivity index (χ1n) is 4.33. The van der Waals surface area contributed by atoms with Crippen molar-refractivity contribution in [2.45, 2.75) is 0 Å². The minimum atomic E-state index is -0.802. The summed E-state index contributed by atoms with van der Waals surface area (Å²) in [6, 6.07) is 4.57. The third-order valence-electron chi connectivity index (χ3n) is 1.94. The van der Waals surface area contributed by atoms with Crippen molar-refractivity contribution in [3.05, 3.63) is 44.7 Å². The largest absolute Gasteiger partial charge is 0.419 e. The molecule has 0 saturated carbocycles. The molecule has 0 aliphatic carbocycles. The molecule has 5 heteroatoms. The third kappa shape index (κ3) is 1.77. The van der Waals surface area contributed by atoms with Gasteiger partial charge in [0.1, 0.15) is 0 Å². The quantitative estimate of drug-likeness (QED) is 0.496. The summed E-state index contributed by atoms with van der Waals surface area (Å²) in [6.45, 7) is 0. The molecule has 0 atom stereocenters. The number of carbonyl (C=O) groups is 1. The maximum Gasteiger partial charge on any atom is 0.419 e. The molecule has 0 unspecified atom stereocenters. The predicted molar refractivity (Wildman–Crippen MR) is 56.0 cm³/mol. The highest BCUT2D eigenvalue weighted by Gasteiger charge is 2.02. The highest BCUT2D eigenvalue weighted by Crippen LogP contribution is 2.07. The van der Waals surface area contributed by atoms with Crippen molar-refractivity contribution < 1.29 is 9.21 Å². The van der Waals surface area contributed by atoms with E-state index in [2.05, 4.69) is 21.2 Å². The summed E-state index contributed by atoms with van der Waals surface area (Å²) in [7, 11) is 0. The second-order valence-corrected chi connectivity index (χ2v) is 2.95. The van der Waals surface area contributed by atoms with Crippen LogP contribution in [0.4, 0.5) is 0 Å². The molecule has 0 saturated heterocycles. The number of fused-ring (bicyclic) bond motifs is 1. The second-order valence-electron chi connectivity index (χ2n) is 2.95. The van der Waals surface area contributed by atoms with Crippen molar-refractivity contribution in [2.24, 2.45) is 0 Å². The zero-order chi connectivity index (χ0) is 11.5. The average molecular weight is 215 g/mol. The van der Waals surface area contributed by atoms with Crippen LogP contribution < -0.4 is 11.4 Å². The first-order chi connectivity index (χ1) is 7.70. The Bertz CT molecular complexity index is 727. The maximum atomic E-state index is 11.3. The summed E-state index contributed by atoms with van der Waals surface area (Å²) in [5, 5.41) is 0.220. The number of hydrogen-bond acceptors (Lipinski definition) is 4. The molecule has 16 heavy (non-hydrogen) atoms.